The van der Waals surface area contributed by atoms with Crippen LogP contribution in [0.1, 0.15) is 44.5 Å². The molecule has 35 heavy (non-hydrogen) atoms. The minimum Gasteiger partial charge on any atom is -0.493 e. The summed E-state index contributed by atoms with van der Waals surface area (Å²) in [5.41, 5.74) is 0.974. The van der Waals surface area contributed by atoms with Gasteiger partial charge < -0.3 is 14.2 Å². The predicted octanol–water partition coefficient (Wildman–Crippen LogP) is 6.03. The molecule has 0 bridgehead atoms. The van der Waals surface area contributed by atoms with Gasteiger partial charge in [-0.2, -0.15) is 9.78 Å². The van der Waals surface area contributed by atoms with Gasteiger partial charge >= 0.3 is 5.97 Å². The molecule has 0 spiro atoms. The molecule has 0 N–H and O–H groups in total. The number of hydrogen-bond donors (Lipinski definition) is 0. The zero-order valence-electron chi connectivity index (χ0n) is 19.6. The summed E-state index contributed by atoms with van der Waals surface area (Å²) in [6, 6.07) is 7.10. The smallest absolute Gasteiger partial charge is 0.344 e. The van der Waals surface area contributed by atoms with Gasteiger partial charge in [0.2, 0.25) is 0 Å². The summed E-state index contributed by atoms with van der Waals surface area (Å²) in [5.74, 6) is 0.798. The molecule has 0 amide bonds. The van der Waals surface area contributed by atoms with Crippen molar-refractivity contribution in [2.45, 2.75) is 33.1 Å². The van der Waals surface area contributed by atoms with Crippen molar-refractivity contribution in [3.63, 3.8) is 0 Å². The van der Waals surface area contributed by atoms with E-state index >= 15 is 0 Å². The lowest BCUT2D eigenvalue weighted by molar-refractivity contribution is -0.145. The van der Waals surface area contributed by atoms with E-state index in [1.165, 1.54) is 11.8 Å². The van der Waals surface area contributed by atoms with Crippen molar-refractivity contribution < 1.29 is 19.0 Å². The Labute approximate surface area is 228 Å². The summed E-state index contributed by atoms with van der Waals surface area (Å²) in [6.45, 7) is 5.75. The van der Waals surface area contributed by atoms with Crippen LogP contribution in [0.25, 0.3) is 10.9 Å². The highest BCUT2D eigenvalue weighted by atomic mass is 79.9. The Morgan fingerprint density at radius 2 is 1.94 bits per heavy atom. The molecular weight excluding hydrogens is 650 g/mol. The first-order valence-corrected chi connectivity index (χ1v) is 13.2. The van der Waals surface area contributed by atoms with Crippen molar-refractivity contribution >= 4 is 70.9 Å². The van der Waals surface area contributed by atoms with Crippen LogP contribution in [0.4, 0.5) is 0 Å². The third-order valence-corrected chi connectivity index (χ3v) is 7.85. The standard InChI is InChI=1S/C24H24Br3N3O5/c1-5-13(3)23-29-17-8-7-15(25)10-16(17)24(32)30(23)28-11-14-9-18(33-4)22(21(27)20(14)26)35-12-19(31)34-6-2/h7-11,13H,5-6,12H2,1-4H3/t13-/m1/s1. The van der Waals surface area contributed by atoms with Gasteiger partial charge in [0, 0.05) is 20.4 Å². The molecule has 0 saturated heterocycles. The van der Waals surface area contributed by atoms with E-state index in [1.54, 1.807) is 25.3 Å². The Kier molecular flexibility index (Phi) is 9.48. The first kappa shape index (κ1) is 27.3. The van der Waals surface area contributed by atoms with E-state index in [-0.39, 0.29) is 24.7 Å². The largest absolute Gasteiger partial charge is 0.493 e. The second kappa shape index (κ2) is 12.1. The number of rotatable bonds is 9. The van der Waals surface area contributed by atoms with Gasteiger partial charge in [-0.05, 0) is 69.5 Å². The normalized spacial score (nSPS) is 12.2. The van der Waals surface area contributed by atoms with Crippen LogP contribution in [0.5, 0.6) is 11.5 Å². The Morgan fingerprint density at radius 1 is 1.20 bits per heavy atom. The van der Waals surface area contributed by atoms with Crippen molar-refractivity contribution in [3.05, 3.63) is 59.4 Å². The van der Waals surface area contributed by atoms with Crippen LogP contribution in [0, 0.1) is 0 Å². The fourth-order valence-electron chi connectivity index (χ4n) is 3.22. The lowest BCUT2D eigenvalue weighted by Gasteiger charge is -2.16. The number of hydrogen-bond acceptors (Lipinski definition) is 7. The molecule has 3 rings (SSSR count). The second-order valence-corrected chi connectivity index (χ2v) is 10.0. The molecule has 0 aliphatic carbocycles. The summed E-state index contributed by atoms with van der Waals surface area (Å²) in [5, 5.41) is 4.97. The lowest BCUT2D eigenvalue weighted by Crippen LogP contribution is -2.23. The Hall–Kier alpha value is -2.24. The van der Waals surface area contributed by atoms with Gasteiger partial charge in [-0.15, -0.1) is 0 Å². The maximum atomic E-state index is 13.4. The fourth-order valence-corrected chi connectivity index (χ4v) is 4.51. The SMILES string of the molecule is CCOC(=O)COc1c(OC)cc(C=Nn2c([C@H](C)CC)nc3ccc(Br)cc3c2=O)c(Br)c1Br. The minimum atomic E-state index is -0.490. The number of nitrogens with zero attached hydrogens (tertiary/aromatic N) is 3. The number of halogens is 3. The molecule has 186 valence electrons. The molecule has 1 aromatic heterocycles. The monoisotopic (exact) mass is 671 g/mol. The van der Waals surface area contributed by atoms with Crippen molar-refractivity contribution in [2.75, 3.05) is 20.3 Å². The molecule has 0 radical (unpaired) electrons. The summed E-state index contributed by atoms with van der Waals surface area (Å²) in [7, 11) is 1.49. The van der Waals surface area contributed by atoms with E-state index in [1.807, 2.05) is 26.0 Å². The highest BCUT2D eigenvalue weighted by molar-refractivity contribution is 9.13. The van der Waals surface area contributed by atoms with Crippen molar-refractivity contribution in [2.24, 2.45) is 5.10 Å². The molecule has 0 fully saturated rings. The zero-order valence-corrected chi connectivity index (χ0v) is 24.4. The van der Waals surface area contributed by atoms with Gasteiger partial charge in [-0.25, -0.2) is 9.78 Å². The van der Waals surface area contributed by atoms with Crippen LogP contribution >= 0.6 is 47.8 Å². The van der Waals surface area contributed by atoms with Gasteiger partial charge in [0.1, 0.15) is 5.82 Å². The van der Waals surface area contributed by atoms with E-state index in [2.05, 4.69) is 52.9 Å². The van der Waals surface area contributed by atoms with Crippen LogP contribution in [-0.4, -0.2) is 42.2 Å². The van der Waals surface area contributed by atoms with E-state index in [0.29, 0.717) is 42.7 Å². The quantitative estimate of drug-likeness (QED) is 0.204. The molecular formula is C24H24Br3N3O5. The highest BCUT2D eigenvalue weighted by Crippen LogP contribution is 2.42. The number of methoxy groups -OCH3 is 1. The molecule has 0 aliphatic heterocycles. The second-order valence-electron chi connectivity index (χ2n) is 7.52. The van der Waals surface area contributed by atoms with Gasteiger partial charge in [0.25, 0.3) is 5.56 Å². The third-order valence-electron chi connectivity index (χ3n) is 5.21. The van der Waals surface area contributed by atoms with Gasteiger partial charge in [0.05, 0.1) is 35.3 Å². The van der Waals surface area contributed by atoms with E-state index in [0.717, 1.165) is 10.9 Å². The van der Waals surface area contributed by atoms with Crippen molar-refractivity contribution in [1.29, 1.82) is 0 Å². The van der Waals surface area contributed by atoms with Crippen molar-refractivity contribution in [3.8, 4) is 11.5 Å². The van der Waals surface area contributed by atoms with Gasteiger partial charge in [0.15, 0.2) is 18.1 Å². The van der Waals surface area contributed by atoms with Crippen molar-refractivity contribution in [1.82, 2.24) is 9.66 Å². The topological polar surface area (TPSA) is 92.0 Å². The number of esters is 1. The molecule has 3 aromatic rings. The fraction of sp³-hybridized carbons (Fsp3) is 0.333. The summed E-state index contributed by atoms with van der Waals surface area (Å²) >= 11 is 10.4. The first-order chi connectivity index (χ1) is 16.7. The maximum Gasteiger partial charge on any atom is 0.344 e. The van der Waals surface area contributed by atoms with Crippen LogP contribution in [-0.2, 0) is 9.53 Å². The highest BCUT2D eigenvalue weighted by Gasteiger charge is 2.19. The molecule has 2 aromatic carbocycles. The van der Waals surface area contributed by atoms with Gasteiger partial charge in [-0.1, -0.05) is 29.8 Å². The molecule has 8 nitrogen and oxygen atoms in total. The van der Waals surface area contributed by atoms with Crippen LogP contribution in [0.2, 0.25) is 0 Å². The molecule has 11 heteroatoms. The molecule has 0 saturated carbocycles. The Balaban J connectivity index is 2.08. The van der Waals surface area contributed by atoms with E-state index in [4.69, 9.17) is 19.2 Å². The first-order valence-electron chi connectivity index (χ1n) is 10.8. The average molecular weight is 674 g/mol. The zero-order chi connectivity index (χ0) is 25.7. The van der Waals surface area contributed by atoms with Crippen LogP contribution < -0.4 is 15.0 Å². The number of carbonyl (C=O) groups is 1. The number of benzene rings is 2. The summed E-state index contributed by atoms with van der Waals surface area (Å²) < 4.78 is 19.3. The third kappa shape index (κ3) is 6.13. The van der Waals surface area contributed by atoms with E-state index < -0.39 is 5.97 Å². The van der Waals surface area contributed by atoms with E-state index in [9.17, 15) is 9.59 Å². The molecule has 0 aliphatic rings. The lowest BCUT2D eigenvalue weighted by atomic mass is 10.1. The summed E-state index contributed by atoms with van der Waals surface area (Å²) in [6.07, 6.45) is 2.34. The summed E-state index contributed by atoms with van der Waals surface area (Å²) in [4.78, 5) is 29.8. The molecule has 0 unspecified atom stereocenters. The Morgan fingerprint density at radius 3 is 2.60 bits per heavy atom. The molecule has 1 atom stereocenters. The minimum absolute atomic E-state index is 0.0104. The number of carbonyl (C=O) groups excluding carboxylic acids is 1. The van der Waals surface area contributed by atoms with Gasteiger partial charge in [-0.3, -0.25) is 4.79 Å². The average Bonchev–Trinajstić information content (AvgIpc) is 2.84. The number of aromatic nitrogens is 2. The number of ether oxygens (including phenoxy) is 3. The predicted molar refractivity (Wildman–Crippen MR) is 146 cm³/mol. The molecule has 1 heterocycles. The maximum absolute atomic E-state index is 13.4. The van der Waals surface area contributed by atoms with Crippen LogP contribution in [0.3, 0.4) is 0 Å². The number of fused-ring (bicyclic) bond motifs is 1. The Bertz CT molecular complexity index is 1340. The van der Waals surface area contributed by atoms with Crippen LogP contribution in [0.15, 0.2) is 47.6 Å².